The Morgan fingerprint density at radius 2 is 2.08 bits per heavy atom. The molecule has 0 heterocycles. The van der Waals surface area contributed by atoms with Crippen molar-refractivity contribution in [3.05, 3.63) is 29.3 Å². The van der Waals surface area contributed by atoms with E-state index in [4.69, 9.17) is 11.1 Å². The summed E-state index contributed by atoms with van der Waals surface area (Å²) in [6.45, 7) is 4.02. The van der Waals surface area contributed by atoms with Crippen LogP contribution in [0.2, 0.25) is 0 Å². The highest BCUT2D eigenvalue weighted by molar-refractivity contribution is 5.90. The number of aryl methyl sites for hydroxylation is 2. The first kappa shape index (κ1) is 8.59. The van der Waals surface area contributed by atoms with Gasteiger partial charge in [0.15, 0.2) is 5.96 Å². The Labute approximate surface area is 72.1 Å². The highest BCUT2D eigenvalue weighted by Crippen LogP contribution is 2.15. The van der Waals surface area contributed by atoms with Gasteiger partial charge < -0.3 is 11.1 Å². The molecule has 0 amide bonds. The summed E-state index contributed by atoms with van der Waals surface area (Å²) in [5, 5.41) is 9.81. The van der Waals surface area contributed by atoms with Gasteiger partial charge in [0.25, 0.3) is 0 Å². The van der Waals surface area contributed by atoms with E-state index in [1.54, 1.807) is 0 Å². The molecule has 1 aromatic rings. The summed E-state index contributed by atoms with van der Waals surface area (Å²) in [5.41, 5.74) is 8.41. The topological polar surface area (TPSA) is 61.9 Å². The maximum absolute atomic E-state index is 7.05. The van der Waals surface area contributed by atoms with Crippen molar-refractivity contribution in [1.82, 2.24) is 0 Å². The van der Waals surface area contributed by atoms with Crippen LogP contribution in [0.3, 0.4) is 0 Å². The minimum absolute atomic E-state index is 0.0260. The smallest absolute Gasteiger partial charge is 0.190 e. The van der Waals surface area contributed by atoms with Crippen LogP contribution in [0.1, 0.15) is 11.1 Å². The number of nitrogens with two attached hydrogens (primary N) is 1. The summed E-state index contributed by atoms with van der Waals surface area (Å²) in [7, 11) is 0. The lowest BCUT2D eigenvalue weighted by Crippen LogP contribution is -2.20. The van der Waals surface area contributed by atoms with Crippen LogP contribution < -0.4 is 11.1 Å². The van der Waals surface area contributed by atoms with Gasteiger partial charge in [-0.1, -0.05) is 17.7 Å². The zero-order valence-corrected chi connectivity index (χ0v) is 7.31. The summed E-state index contributed by atoms with van der Waals surface area (Å²) in [5.74, 6) is -0.0260. The third-order valence-electron chi connectivity index (χ3n) is 1.65. The summed E-state index contributed by atoms with van der Waals surface area (Å²) in [6.07, 6.45) is 0. The second kappa shape index (κ2) is 3.26. The van der Waals surface area contributed by atoms with E-state index in [2.05, 4.69) is 5.32 Å². The van der Waals surface area contributed by atoms with Crippen LogP contribution in [0.4, 0.5) is 5.69 Å². The molecular formula is C9H13N3. The first-order valence-corrected chi connectivity index (χ1v) is 3.78. The zero-order chi connectivity index (χ0) is 9.14. The molecule has 3 nitrogen and oxygen atoms in total. The molecule has 0 spiro atoms. The molecular weight excluding hydrogens is 150 g/mol. The van der Waals surface area contributed by atoms with E-state index in [1.807, 2.05) is 32.0 Å². The second-order valence-corrected chi connectivity index (χ2v) is 2.86. The monoisotopic (exact) mass is 163 g/mol. The van der Waals surface area contributed by atoms with E-state index in [0.29, 0.717) is 0 Å². The van der Waals surface area contributed by atoms with Crippen molar-refractivity contribution in [1.29, 1.82) is 5.41 Å². The van der Waals surface area contributed by atoms with E-state index < -0.39 is 0 Å². The minimum atomic E-state index is -0.0260. The van der Waals surface area contributed by atoms with E-state index >= 15 is 0 Å². The van der Waals surface area contributed by atoms with Crippen molar-refractivity contribution in [2.75, 3.05) is 5.32 Å². The van der Waals surface area contributed by atoms with Gasteiger partial charge in [0.05, 0.1) is 0 Å². The van der Waals surface area contributed by atoms with Gasteiger partial charge >= 0.3 is 0 Å². The maximum atomic E-state index is 7.05. The number of hydrogen-bond donors (Lipinski definition) is 3. The van der Waals surface area contributed by atoms with Crippen LogP contribution in [0, 0.1) is 19.3 Å². The summed E-state index contributed by atoms with van der Waals surface area (Å²) in [6, 6.07) is 5.95. The molecule has 1 aromatic carbocycles. The molecule has 0 aliphatic carbocycles. The van der Waals surface area contributed by atoms with Crippen LogP contribution in [0.5, 0.6) is 0 Å². The Kier molecular flexibility index (Phi) is 2.33. The van der Waals surface area contributed by atoms with Crippen molar-refractivity contribution in [3.8, 4) is 0 Å². The molecule has 4 N–H and O–H groups in total. The highest BCUT2D eigenvalue weighted by Gasteiger charge is 1.97. The quantitative estimate of drug-likeness (QED) is 0.435. The largest absolute Gasteiger partial charge is 0.370 e. The van der Waals surface area contributed by atoms with Crippen molar-refractivity contribution in [3.63, 3.8) is 0 Å². The van der Waals surface area contributed by atoms with Gasteiger partial charge in [0.1, 0.15) is 0 Å². The van der Waals surface area contributed by atoms with Crippen molar-refractivity contribution in [2.45, 2.75) is 13.8 Å². The SMILES string of the molecule is Cc1ccc(NC(=N)N)c(C)c1. The fourth-order valence-corrected chi connectivity index (χ4v) is 1.10. The van der Waals surface area contributed by atoms with Crippen molar-refractivity contribution >= 4 is 11.6 Å². The predicted octanol–water partition coefficient (Wildman–Crippen LogP) is 1.61. The van der Waals surface area contributed by atoms with Crippen LogP contribution >= 0.6 is 0 Å². The Balaban J connectivity index is 2.93. The van der Waals surface area contributed by atoms with Gasteiger partial charge in [0, 0.05) is 5.69 Å². The first-order chi connectivity index (χ1) is 5.59. The average molecular weight is 163 g/mol. The number of anilines is 1. The first-order valence-electron chi connectivity index (χ1n) is 3.78. The molecule has 0 saturated heterocycles. The van der Waals surface area contributed by atoms with Crippen LogP contribution in [-0.4, -0.2) is 5.96 Å². The molecule has 0 saturated carbocycles. The van der Waals surface area contributed by atoms with E-state index in [9.17, 15) is 0 Å². The third kappa shape index (κ3) is 1.99. The number of benzene rings is 1. The van der Waals surface area contributed by atoms with Crippen LogP contribution in [-0.2, 0) is 0 Å². The summed E-state index contributed by atoms with van der Waals surface area (Å²) in [4.78, 5) is 0. The lowest BCUT2D eigenvalue weighted by Gasteiger charge is -2.07. The van der Waals surface area contributed by atoms with Crippen molar-refractivity contribution < 1.29 is 0 Å². The molecule has 0 aliphatic heterocycles. The molecule has 0 bridgehead atoms. The Bertz CT molecular complexity index is 305. The van der Waals surface area contributed by atoms with Gasteiger partial charge in [0.2, 0.25) is 0 Å². The lowest BCUT2D eigenvalue weighted by atomic mass is 10.1. The van der Waals surface area contributed by atoms with E-state index in [-0.39, 0.29) is 5.96 Å². The molecule has 1 rings (SSSR count). The standard InChI is InChI=1S/C9H13N3/c1-6-3-4-8(7(2)5-6)12-9(10)11/h3-5H,1-2H3,(H4,10,11,12). The minimum Gasteiger partial charge on any atom is -0.370 e. The molecule has 0 aromatic heterocycles. The Hall–Kier alpha value is -1.51. The number of nitrogens with one attached hydrogen (secondary N) is 2. The molecule has 64 valence electrons. The molecule has 0 radical (unpaired) electrons. The summed E-state index contributed by atoms with van der Waals surface area (Å²) < 4.78 is 0. The number of hydrogen-bond acceptors (Lipinski definition) is 1. The molecule has 0 atom stereocenters. The Morgan fingerprint density at radius 1 is 1.42 bits per heavy atom. The second-order valence-electron chi connectivity index (χ2n) is 2.86. The van der Waals surface area contributed by atoms with Crippen LogP contribution in [0.25, 0.3) is 0 Å². The zero-order valence-electron chi connectivity index (χ0n) is 7.31. The number of guanidine groups is 1. The van der Waals surface area contributed by atoms with E-state index in [0.717, 1.165) is 11.3 Å². The van der Waals surface area contributed by atoms with Crippen molar-refractivity contribution in [2.24, 2.45) is 5.73 Å². The molecule has 0 fully saturated rings. The van der Waals surface area contributed by atoms with Crippen LogP contribution in [0.15, 0.2) is 18.2 Å². The Morgan fingerprint density at radius 3 is 2.58 bits per heavy atom. The fraction of sp³-hybridized carbons (Fsp3) is 0.222. The predicted molar refractivity (Wildman–Crippen MR) is 51.5 cm³/mol. The fourth-order valence-electron chi connectivity index (χ4n) is 1.10. The van der Waals surface area contributed by atoms with E-state index in [1.165, 1.54) is 5.56 Å². The van der Waals surface area contributed by atoms with Gasteiger partial charge in [-0.15, -0.1) is 0 Å². The van der Waals surface area contributed by atoms with Gasteiger partial charge in [-0.25, -0.2) is 0 Å². The maximum Gasteiger partial charge on any atom is 0.190 e. The molecule has 12 heavy (non-hydrogen) atoms. The number of rotatable bonds is 1. The average Bonchev–Trinajstić information content (AvgIpc) is 1.94. The third-order valence-corrected chi connectivity index (χ3v) is 1.65. The van der Waals surface area contributed by atoms with Gasteiger partial charge in [-0.2, -0.15) is 0 Å². The lowest BCUT2D eigenvalue weighted by molar-refractivity contribution is 1.35. The molecule has 0 unspecified atom stereocenters. The molecule has 3 heteroatoms. The molecule has 0 aliphatic rings. The highest BCUT2D eigenvalue weighted by atomic mass is 15.0. The van der Waals surface area contributed by atoms with Gasteiger partial charge in [-0.3, -0.25) is 5.41 Å². The van der Waals surface area contributed by atoms with Gasteiger partial charge in [-0.05, 0) is 25.5 Å². The summed E-state index contributed by atoms with van der Waals surface area (Å²) >= 11 is 0. The normalized spacial score (nSPS) is 9.50.